The summed E-state index contributed by atoms with van der Waals surface area (Å²) in [6.07, 6.45) is 5.21. The van der Waals surface area contributed by atoms with Crippen LogP contribution in [0.5, 0.6) is 0 Å². The van der Waals surface area contributed by atoms with Crippen molar-refractivity contribution in [2.24, 2.45) is 0 Å². The molecule has 2 atom stereocenters. The molecule has 5 aromatic carbocycles. The molecule has 0 saturated heterocycles. The molecule has 0 radical (unpaired) electrons. The van der Waals surface area contributed by atoms with E-state index in [9.17, 15) is 0 Å². The number of para-hydroxylation sites is 1. The number of hydrogen-bond acceptors (Lipinski definition) is 5. The number of benzene rings is 1. The summed E-state index contributed by atoms with van der Waals surface area (Å²) in [5, 5.41) is 22.8. The minimum atomic E-state index is -0.0415. The molecule has 0 aliphatic rings. The van der Waals surface area contributed by atoms with E-state index in [2.05, 4.69) is 109 Å². The van der Waals surface area contributed by atoms with E-state index in [1.54, 1.807) is 0 Å². The van der Waals surface area contributed by atoms with Crippen molar-refractivity contribution in [1.82, 2.24) is 30.8 Å². The molecule has 7 rings (SSSR count). The molecular weight excluding hydrogens is 618 g/mol. The number of aromatic amines is 2. The molecule has 9 heteroatoms. The van der Waals surface area contributed by atoms with Crippen molar-refractivity contribution < 1.29 is 34.1 Å². The summed E-state index contributed by atoms with van der Waals surface area (Å²) in [6, 6.07) is 47.2. The van der Waals surface area contributed by atoms with Gasteiger partial charge in [-0.1, -0.05) is 18.2 Å². The Morgan fingerprint density at radius 1 is 0.581 bits per heavy atom. The quantitative estimate of drug-likeness (QED) is 0.131. The first-order valence-electron chi connectivity index (χ1n) is 13.7. The number of aromatic nitrogens is 6. The summed E-state index contributed by atoms with van der Waals surface area (Å²) in [5.74, 6) is 0. The third-order valence-corrected chi connectivity index (χ3v) is 6.71. The fraction of sp³-hybridized carbons (Fsp3) is 0.118. The molecule has 2 heterocycles. The fourth-order valence-corrected chi connectivity index (χ4v) is 4.80. The van der Waals surface area contributed by atoms with Crippen LogP contribution < -0.4 is 4.90 Å². The SMILES string of the molecule is [Fe+2].[Fe+2].c1cc[cH-]c1.c1cc[cH-]c1.c1ccc(N(C(C[c-]2cccc2)c2cn[nH]n2)C(C[c-]2cccc2)c2cn[nH]n2)cc1. The first-order valence-corrected chi connectivity index (χ1v) is 13.7. The molecule has 0 bridgehead atoms. The van der Waals surface area contributed by atoms with Gasteiger partial charge in [-0.25, -0.2) is 48.5 Å². The molecule has 0 amide bonds. The van der Waals surface area contributed by atoms with Gasteiger partial charge >= 0.3 is 34.1 Å². The first kappa shape index (κ1) is 33.2. The number of rotatable bonds is 9. The van der Waals surface area contributed by atoms with Gasteiger partial charge in [-0.3, -0.25) is 0 Å². The van der Waals surface area contributed by atoms with Crippen LogP contribution in [0.3, 0.4) is 0 Å². The Morgan fingerprint density at radius 2 is 1.00 bits per heavy atom. The van der Waals surface area contributed by atoms with E-state index in [1.165, 1.54) is 11.1 Å². The number of nitrogens with one attached hydrogen (secondary N) is 2. The minimum Gasteiger partial charge on any atom is -0.355 e. The molecule has 7 aromatic rings. The van der Waals surface area contributed by atoms with Crippen LogP contribution in [0.1, 0.15) is 34.6 Å². The molecule has 2 unspecified atom stereocenters. The summed E-state index contributed by atoms with van der Waals surface area (Å²) >= 11 is 0. The van der Waals surface area contributed by atoms with Crippen molar-refractivity contribution in [3.63, 3.8) is 0 Å². The maximum absolute atomic E-state index is 4.48. The zero-order valence-corrected chi connectivity index (χ0v) is 25.7. The van der Waals surface area contributed by atoms with E-state index < -0.39 is 0 Å². The molecule has 220 valence electrons. The third-order valence-electron chi connectivity index (χ3n) is 6.71. The van der Waals surface area contributed by atoms with Gasteiger partial charge < -0.3 is 4.90 Å². The standard InChI is InChI=1S/C24H23N7.2C5H5.2Fe/c1-2-12-20(13-3-1)31(23(21-16-25-29-27-21)14-18-8-4-5-9-18)24(22-17-26-30-28-22)15-19-10-6-7-11-19;2*1-2-4-5-3-1;;/h1-13,16-17,23-24H,14-15H2,(H,25,27,29)(H,26,28,30);2*1-5H;;/q-2;2*-1;2*+2. The van der Waals surface area contributed by atoms with Crippen molar-refractivity contribution in [2.45, 2.75) is 24.9 Å². The Labute approximate surface area is 273 Å². The van der Waals surface area contributed by atoms with E-state index in [4.69, 9.17) is 0 Å². The monoisotopic (exact) mass is 651 g/mol. The Kier molecular flexibility index (Phi) is 14.2. The molecule has 0 spiro atoms. The van der Waals surface area contributed by atoms with E-state index >= 15 is 0 Å². The summed E-state index contributed by atoms with van der Waals surface area (Å²) in [4.78, 5) is 2.40. The Morgan fingerprint density at radius 3 is 1.33 bits per heavy atom. The largest absolute Gasteiger partial charge is 2.00 e. The Hall–Kier alpha value is -4.26. The van der Waals surface area contributed by atoms with Gasteiger partial charge in [-0.2, -0.15) is 103 Å². The first-order chi connectivity index (χ1) is 20.4. The van der Waals surface area contributed by atoms with Crippen LogP contribution >= 0.6 is 0 Å². The van der Waals surface area contributed by atoms with Crippen molar-refractivity contribution in [3.8, 4) is 0 Å². The van der Waals surface area contributed by atoms with Crippen molar-refractivity contribution in [3.05, 3.63) is 174 Å². The van der Waals surface area contributed by atoms with Crippen LogP contribution in [-0.2, 0) is 47.0 Å². The van der Waals surface area contributed by atoms with Gasteiger partial charge in [0.05, 0.1) is 24.5 Å². The molecular formula is C34H33Fe2N7. The van der Waals surface area contributed by atoms with Crippen LogP contribution in [-0.4, -0.2) is 30.8 Å². The van der Waals surface area contributed by atoms with E-state index in [0.717, 1.165) is 29.9 Å². The van der Waals surface area contributed by atoms with Crippen LogP contribution in [0.25, 0.3) is 0 Å². The molecule has 7 nitrogen and oxygen atoms in total. The maximum Gasteiger partial charge on any atom is 2.00 e. The van der Waals surface area contributed by atoms with Crippen molar-refractivity contribution in [1.29, 1.82) is 0 Å². The van der Waals surface area contributed by atoms with E-state index in [-0.39, 0.29) is 46.2 Å². The molecule has 2 aromatic heterocycles. The fourth-order valence-electron chi connectivity index (χ4n) is 4.80. The summed E-state index contributed by atoms with van der Waals surface area (Å²) in [6.45, 7) is 0. The van der Waals surface area contributed by atoms with Gasteiger partial charge in [0.2, 0.25) is 0 Å². The van der Waals surface area contributed by atoms with Crippen molar-refractivity contribution >= 4 is 5.69 Å². The number of nitrogens with zero attached hydrogens (tertiary/aromatic N) is 5. The van der Waals surface area contributed by atoms with E-state index in [1.807, 2.05) is 79.1 Å². The predicted octanol–water partition coefficient (Wildman–Crippen LogP) is 6.94. The molecule has 43 heavy (non-hydrogen) atoms. The average Bonchev–Trinajstić information content (AvgIpc) is 3.86. The van der Waals surface area contributed by atoms with Gasteiger partial charge in [-0.05, 0) is 25.0 Å². The number of anilines is 1. The third kappa shape index (κ3) is 9.91. The zero-order valence-electron chi connectivity index (χ0n) is 23.4. The molecule has 0 fully saturated rings. The summed E-state index contributed by atoms with van der Waals surface area (Å²) < 4.78 is 0. The Bertz CT molecular complexity index is 1390. The van der Waals surface area contributed by atoms with Gasteiger partial charge in [0, 0.05) is 5.69 Å². The molecule has 0 saturated carbocycles. The Balaban J connectivity index is 0.000000358. The summed E-state index contributed by atoms with van der Waals surface area (Å²) in [5.41, 5.74) is 5.38. The predicted molar refractivity (Wildman–Crippen MR) is 163 cm³/mol. The van der Waals surface area contributed by atoms with Gasteiger partial charge in [0.25, 0.3) is 0 Å². The van der Waals surface area contributed by atoms with Crippen LogP contribution in [0.4, 0.5) is 5.69 Å². The number of H-pyrrole nitrogens is 2. The summed E-state index contributed by atoms with van der Waals surface area (Å²) in [7, 11) is 0. The smallest absolute Gasteiger partial charge is 0.355 e. The molecule has 0 aliphatic heterocycles. The molecule has 0 aliphatic carbocycles. The second kappa shape index (κ2) is 18.3. The zero-order chi connectivity index (χ0) is 28.0. The van der Waals surface area contributed by atoms with Crippen LogP contribution in [0.15, 0.2) is 152 Å². The van der Waals surface area contributed by atoms with Crippen LogP contribution in [0, 0.1) is 0 Å². The van der Waals surface area contributed by atoms with Gasteiger partial charge in [-0.15, -0.1) is 0 Å². The second-order valence-corrected chi connectivity index (χ2v) is 9.48. The van der Waals surface area contributed by atoms with E-state index in [0.29, 0.717) is 0 Å². The second-order valence-electron chi connectivity index (χ2n) is 9.48. The van der Waals surface area contributed by atoms with Gasteiger partial charge in [0.1, 0.15) is 11.4 Å². The average molecular weight is 651 g/mol. The normalized spacial score (nSPS) is 11.3. The van der Waals surface area contributed by atoms with Gasteiger partial charge in [0.15, 0.2) is 0 Å². The minimum absolute atomic E-state index is 0. The van der Waals surface area contributed by atoms with Crippen LogP contribution in [0.2, 0.25) is 0 Å². The molecule has 2 N–H and O–H groups in total. The van der Waals surface area contributed by atoms with Crippen molar-refractivity contribution in [2.75, 3.05) is 4.90 Å². The maximum atomic E-state index is 4.48. The number of hydrogen-bond donors (Lipinski definition) is 2. The topological polar surface area (TPSA) is 86.4 Å².